The normalized spacial score (nSPS) is 14.2. The maximum atomic E-state index is 13.4. The molecule has 0 radical (unpaired) electrons. The summed E-state index contributed by atoms with van der Waals surface area (Å²) in [5.74, 6) is -2.58. The van der Waals surface area contributed by atoms with Crippen molar-refractivity contribution in [1.29, 1.82) is 0 Å². The van der Waals surface area contributed by atoms with E-state index in [2.05, 4.69) is 15.0 Å². The summed E-state index contributed by atoms with van der Waals surface area (Å²) >= 11 is 0. The topological polar surface area (TPSA) is 88.2 Å². The Bertz CT molecular complexity index is 1200. The summed E-state index contributed by atoms with van der Waals surface area (Å²) in [6, 6.07) is 4.17. The van der Waals surface area contributed by atoms with Crippen molar-refractivity contribution in [3.05, 3.63) is 83.4 Å². The van der Waals surface area contributed by atoms with Gasteiger partial charge < -0.3 is 5.32 Å². The third-order valence-corrected chi connectivity index (χ3v) is 5.76. The third-order valence-electron chi connectivity index (χ3n) is 4.37. The van der Waals surface area contributed by atoms with Crippen LogP contribution in [0.3, 0.4) is 0 Å². The van der Waals surface area contributed by atoms with Crippen LogP contribution in [0.1, 0.15) is 25.8 Å². The number of allylic oxidation sites excluding steroid dienone is 5. The summed E-state index contributed by atoms with van der Waals surface area (Å²) in [7, 11) is -4.09. The van der Waals surface area contributed by atoms with Crippen LogP contribution in [-0.4, -0.2) is 19.3 Å². The van der Waals surface area contributed by atoms with E-state index in [1.165, 1.54) is 13.1 Å². The summed E-state index contributed by atoms with van der Waals surface area (Å²) in [5, 5.41) is 2.66. The van der Waals surface area contributed by atoms with E-state index in [0.29, 0.717) is 23.0 Å². The van der Waals surface area contributed by atoms with Crippen LogP contribution < -0.4 is 10.0 Å². The van der Waals surface area contributed by atoms with E-state index in [1.54, 1.807) is 25.3 Å². The summed E-state index contributed by atoms with van der Waals surface area (Å²) < 4.78 is 54.2. The van der Waals surface area contributed by atoms with Crippen molar-refractivity contribution >= 4 is 27.2 Å². The molecule has 9 heteroatoms. The lowest BCUT2D eigenvalue weighted by molar-refractivity contribution is -0.114. The lowest BCUT2D eigenvalue weighted by Crippen LogP contribution is -2.24. The van der Waals surface area contributed by atoms with Crippen LogP contribution in [0, 0.1) is 11.6 Å². The fourth-order valence-electron chi connectivity index (χ4n) is 2.83. The number of hydrogen-bond acceptors (Lipinski definition) is 4. The zero-order chi connectivity index (χ0) is 21.9. The maximum Gasteiger partial charge on any atom is 0.261 e. The van der Waals surface area contributed by atoms with E-state index in [0.717, 1.165) is 23.3 Å². The summed E-state index contributed by atoms with van der Waals surface area (Å²) in [6.45, 7) is 3.14. The standard InChI is InChI=1S/C21H19F2N3O3S/c1-13-3-4-15(16-9-17(12-24-11-16)25-14(2)27)5-8-21(13)26-30(28,29)18-6-7-19(22)20(23)10-18/h3-7,9-12,26H,8H2,1-2H3,(H,25,27). The van der Waals surface area contributed by atoms with Crippen LogP contribution in [0.25, 0.3) is 5.57 Å². The van der Waals surface area contributed by atoms with Gasteiger partial charge in [0, 0.05) is 30.8 Å². The quantitative estimate of drug-likeness (QED) is 0.751. The van der Waals surface area contributed by atoms with Gasteiger partial charge in [-0.3, -0.25) is 14.5 Å². The number of nitrogens with one attached hydrogen (secondary N) is 2. The fourth-order valence-corrected chi connectivity index (χ4v) is 4.02. The van der Waals surface area contributed by atoms with Crippen LogP contribution in [0.4, 0.5) is 14.5 Å². The first-order valence-corrected chi connectivity index (χ1v) is 10.4. The Labute approximate surface area is 173 Å². The number of sulfonamides is 1. The summed E-state index contributed by atoms with van der Waals surface area (Å²) in [6.07, 6.45) is 8.77. The number of anilines is 1. The van der Waals surface area contributed by atoms with Gasteiger partial charge >= 0.3 is 0 Å². The second kappa shape index (κ2) is 8.58. The molecule has 0 fully saturated rings. The average molecular weight is 431 g/mol. The highest BCUT2D eigenvalue weighted by Gasteiger charge is 2.19. The van der Waals surface area contributed by atoms with Crippen LogP contribution >= 0.6 is 0 Å². The van der Waals surface area contributed by atoms with Crippen molar-refractivity contribution < 1.29 is 22.0 Å². The van der Waals surface area contributed by atoms with Gasteiger partial charge in [-0.05, 0) is 42.3 Å². The first-order valence-electron chi connectivity index (χ1n) is 8.94. The lowest BCUT2D eigenvalue weighted by atomic mass is 10.1. The van der Waals surface area contributed by atoms with Gasteiger partial charge in [0.25, 0.3) is 10.0 Å². The molecule has 30 heavy (non-hydrogen) atoms. The van der Waals surface area contributed by atoms with Crippen molar-refractivity contribution in [2.75, 3.05) is 5.32 Å². The molecule has 0 aliphatic heterocycles. The molecule has 2 aromatic rings. The number of carbonyl (C=O) groups excluding carboxylic acids is 1. The van der Waals surface area contributed by atoms with Crippen LogP contribution in [0.15, 0.2) is 71.1 Å². The zero-order valence-corrected chi connectivity index (χ0v) is 17.1. The van der Waals surface area contributed by atoms with Crippen molar-refractivity contribution in [3.63, 3.8) is 0 Å². The minimum absolute atomic E-state index is 0.217. The maximum absolute atomic E-state index is 13.4. The van der Waals surface area contributed by atoms with Gasteiger partial charge in [0.2, 0.25) is 5.91 Å². The van der Waals surface area contributed by atoms with Crippen molar-refractivity contribution in [2.45, 2.75) is 25.2 Å². The van der Waals surface area contributed by atoms with Gasteiger partial charge in [-0.15, -0.1) is 0 Å². The molecule has 156 valence electrons. The van der Waals surface area contributed by atoms with E-state index in [-0.39, 0.29) is 17.2 Å². The molecule has 1 heterocycles. The molecule has 0 saturated carbocycles. The van der Waals surface area contributed by atoms with E-state index in [4.69, 9.17) is 0 Å². The molecule has 1 aliphatic carbocycles. The Balaban J connectivity index is 1.84. The van der Waals surface area contributed by atoms with Gasteiger partial charge in [-0.25, -0.2) is 17.2 Å². The van der Waals surface area contributed by atoms with Gasteiger partial charge in [0.15, 0.2) is 11.6 Å². The summed E-state index contributed by atoms with van der Waals surface area (Å²) in [4.78, 5) is 15.0. The van der Waals surface area contributed by atoms with Gasteiger partial charge in [0.05, 0.1) is 16.8 Å². The number of benzene rings is 1. The van der Waals surface area contributed by atoms with Gasteiger partial charge in [0.1, 0.15) is 0 Å². The van der Waals surface area contributed by atoms with Crippen molar-refractivity contribution in [3.8, 4) is 0 Å². The Morgan fingerprint density at radius 1 is 1.10 bits per heavy atom. The monoisotopic (exact) mass is 431 g/mol. The molecule has 1 aromatic carbocycles. The van der Waals surface area contributed by atoms with E-state index in [9.17, 15) is 22.0 Å². The number of aromatic nitrogens is 1. The molecule has 2 N–H and O–H groups in total. The van der Waals surface area contributed by atoms with Gasteiger partial charge in [-0.2, -0.15) is 0 Å². The predicted molar refractivity (Wildman–Crippen MR) is 110 cm³/mol. The second-order valence-corrected chi connectivity index (χ2v) is 8.37. The lowest BCUT2D eigenvalue weighted by Gasteiger charge is -2.12. The molecule has 1 aromatic heterocycles. The number of amides is 1. The smallest absolute Gasteiger partial charge is 0.261 e. The van der Waals surface area contributed by atoms with Crippen molar-refractivity contribution in [1.82, 2.24) is 9.71 Å². The Hall–Kier alpha value is -3.33. The average Bonchev–Trinajstić information content (AvgIpc) is 2.85. The fraction of sp³-hybridized carbons (Fsp3) is 0.143. The molecule has 6 nitrogen and oxygen atoms in total. The van der Waals surface area contributed by atoms with Crippen LogP contribution in [0.2, 0.25) is 0 Å². The number of nitrogens with zero attached hydrogens (tertiary/aromatic N) is 1. The van der Waals surface area contributed by atoms with Crippen LogP contribution in [-0.2, 0) is 14.8 Å². The zero-order valence-electron chi connectivity index (χ0n) is 16.2. The first-order chi connectivity index (χ1) is 14.2. The second-order valence-electron chi connectivity index (χ2n) is 6.68. The highest BCUT2D eigenvalue weighted by molar-refractivity contribution is 7.89. The number of rotatable bonds is 5. The summed E-state index contributed by atoms with van der Waals surface area (Å²) in [5.41, 5.74) is 3.14. The molecule has 1 amide bonds. The first kappa shape index (κ1) is 21.4. The SMILES string of the molecule is CC(=O)Nc1cncc(C2=CCC(NS(=O)(=O)c3ccc(F)c(F)c3)=C(C)C=C2)c1. The highest BCUT2D eigenvalue weighted by Crippen LogP contribution is 2.25. The molecule has 0 saturated heterocycles. The van der Waals surface area contributed by atoms with E-state index < -0.39 is 21.7 Å². The minimum Gasteiger partial charge on any atom is -0.325 e. The molecule has 1 aliphatic rings. The molecule has 0 unspecified atom stereocenters. The molecule has 3 rings (SSSR count). The van der Waals surface area contributed by atoms with E-state index >= 15 is 0 Å². The third kappa shape index (κ3) is 4.98. The number of carbonyl (C=O) groups is 1. The minimum atomic E-state index is -4.09. The van der Waals surface area contributed by atoms with E-state index in [1.807, 2.05) is 12.2 Å². The molecule has 0 spiro atoms. The molecular formula is C21H19F2N3O3S. The number of halogens is 2. The molecule has 0 bridgehead atoms. The highest BCUT2D eigenvalue weighted by atomic mass is 32.2. The Morgan fingerprint density at radius 2 is 1.87 bits per heavy atom. The van der Waals surface area contributed by atoms with Gasteiger partial charge in [-0.1, -0.05) is 18.2 Å². The Kier molecular flexibility index (Phi) is 6.12. The molecular weight excluding hydrogens is 412 g/mol. The molecule has 0 atom stereocenters. The Morgan fingerprint density at radius 3 is 2.57 bits per heavy atom. The largest absolute Gasteiger partial charge is 0.325 e. The number of pyridine rings is 1. The van der Waals surface area contributed by atoms with Crippen molar-refractivity contribution in [2.24, 2.45) is 0 Å². The predicted octanol–water partition coefficient (Wildman–Crippen LogP) is 3.91. The van der Waals surface area contributed by atoms with Crippen LogP contribution in [0.5, 0.6) is 0 Å². The number of hydrogen-bond donors (Lipinski definition) is 2.